The zero-order valence-electron chi connectivity index (χ0n) is 10.6. The van der Waals surface area contributed by atoms with E-state index in [1.54, 1.807) is 7.11 Å². The predicted molar refractivity (Wildman–Crippen MR) is 76.6 cm³/mol. The molecular weight excluding hydrogens is 280 g/mol. The fraction of sp³-hybridized carbons (Fsp3) is 0.538. The number of benzene rings is 1. The number of para-hydroxylation sites is 1. The van der Waals surface area contributed by atoms with Gasteiger partial charge in [-0.05, 0) is 41.5 Å². The molecule has 0 heterocycles. The maximum atomic E-state index is 5.03. The lowest BCUT2D eigenvalue weighted by molar-refractivity contribution is 0.180. The third-order valence-electron chi connectivity index (χ3n) is 2.57. The first-order valence-corrected chi connectivity index (χ1v) is 6.69. The molecule has 0 bridgehead atoms. The molecule has 0 fully saturated rings. The third-order valence-corrected chi connectivity index (χ3v) is 3.26. The average molecular weight is 301 g/mol. The van der Waals surface area contributed by atoms with Crippen LogP contribution < -0.4 is 5.32 Å². The van der Waals surface area contributed by atoms with Crippen LogP contribution in [0.15, 0.2) is 28.7 Å². The van der Waals surface area contributed by atoms with Crippen molar-refractivity contribution in [2.75, 3.05) is 45.7 Å². The summed E-state index contributed by atoms with van der Waals surface area (Å²) in [7, 11) is 3.88. The summed E-state index contributed by atoms with van der Waals surface area (Å²) in [6.07, 6.45) is 1.09. The van der Waals surface area contributed by atoms with E-state index in [4.69, 9.17) is 4.74 Å². The number of rotatable bonds is 8. The Morgan fingerprint density at radius 3 is 2.76 bits per heavy atom. The second kappa shape index (κ2) is 8.50. The molecule has 1 N–H and O–H groups in total. The molecule has 0 aliphatic heterocycles. The topological polar surface area (TPSA) is 24.5 Å². The SMILES string of the molecule is COCCCN(C)CCNc1ccccc1Br. The van der Waals surface area contributed by atoms with Gasteiger partial charge in [0.1, 0.15) is 0 Å². The maximum absolute atomic E-state index is 5.03. The summed E-state index contributed by atoms with van der Waals surface area (Å²) in [5.74, 6) is 0. The van der Waals surface area contributed by atoms with Crippen molar-refractivity contribution in [3.05, 3.63) is 28.7 Å². The molecule has 0 amide bonds. The second-order valence-electron chi connectivity index (χ2n) is 4.06. The monoisotopic (exact) mass is 300 g/mol. The van der Waals surface area contributed by atoms with Crippen LogP contribution in [0.3, 0.4) is 0 Å². The molecule has 0 saturated carbocycles. The van der Waals surface area contributed by atoms with Gasteiger partial charge in [0.2, 0.25) is 0 Å². The highest BCUT2D eigenvalue weighted by Crippen LogP contribution is 2.20. The second-order valence-corrected chi connectivity index (χ2v) is 4.91. The number of anilines is 1. The molecule has 4 heteroatoms. The molecule has 1 rings (SSSR count). The molecule has 0 saturated heterocycles. The summed E-state index contributed by atoms with van der Waals surface area (Å²) in [6.45, 7) is 3.89. The fourth-order valence-corrected chi connectivity index (χ4v) is 2.00. The van der Waals surface area contributed by atoms with Gasteiger partial charge >= 0.3 is 0 Å². The number of methoxy groups -OCH3 is 1. The molecular formula is C13H21BrN2O. The van der Waals surface area contributed by atoms with Gasteiger partial charge in [-0.15, -0.1) is 0 Å². The number of ether oxygens (including phenoxy) is 1. The first kappa shape index (κ1) is 14.5. The van der Waals surface area contributed by atoms with Gasteiger partial charge in [0.25, 0.3) is 0 Å². The highest BCUT2D eigenvalue weighted by molar-refractivity contribution is 9.10. The molecule has 0 aliphatic carbocycles. The van der Waals surface area contributed by atoms with Crippen LogP contribution in [-0.4, -0.2) is 45.3 Å². The number of likely N-dealkylation sites (N-methyl/N-ethyl adjacent to an activating group) is 1. The molecule has 3 nitrogen and oxygen atoms in total. The number of hydrogen-bond acceptors (Lipinski definition) is 3. The van der Waals surface area contributed by atoms with Gasteiger partial charge in [-0.3, -0.25) is 0 Å². The van der Waals surface area contributed by atoms with Crippen molar-refractivity contribution in [3.63, 3.8) is 0 Å². The summed E-state index contributed by atoms with van der Waals surface area (Å²) in [4.78, 5) is 2.31. The van der Waals surface area contributed by atoms with Crippen molar-refractivity contribution >= 4 is 21.6 Å². The van der Waals surface area contributed by atoms with Gasteiger partial charge in [0.05, 0.1) is 0 Å². The number of halogens is 1. The predicted octanol–water partition coefficient (Wildman–Crippen LogP) is 2.83. The highest BCUT2D eigenvalue weighted by Gasteiger charge is 1.99. The summed E-state index contributed by atoms with van der Waals surface area (Å²) in [5.41, 5.74) is 1.15. The van der Waals surface area contributed by atoms with Crippen LogP contribution in [-0.2, 0) is 4.74 Å². The molecule has 1 aromatic rings. The number of hydrogen-bond donors (Lipinski definition) is 1. The van der Waals surface area contributed by atoms with Crippen LogP contribution in [0, 0.1) is 0 Å². The standard InChI is InChI=1S/C13H21BrN2O/c1-16(9-5-11-17-2)10-8-15-13-7-4-3-6-12(13)14/h3-4,6-7,15H,5,8-11H2,1-2H3. The van der Waals surface area contributed by atoms with E-state index in [9.17, 15) is 0 Å². The Kier molecular flexibility index (Phi) is 7.24. The Balaban J connectivity index is 2.17. The minimum Gasteiger partial charge on any atom is -0.385 e. The van der Waals surface area contributed by atoms with E-state index in [2.05, 4.69) is 39.3 Å². The Morgan fingerprint density at radius 1 is 1.29 bits per heavy atom. The van der Waals surface area contributed by atoms with Gasteiger partial charge in [-0.1, -0.05) is 12.1 Å². The largest absolute Gasteiger partial charge is 0.385 e. The Hall–Kier alpha value is -0.580. The van der Waals surface area contributed by atoms with Crippen LogP contribution in [0.2, 0.25) is 0 Å². The Bertz CT molecular complexity index is 320. The van der Waals surface area contributed by atoms with Crippen molar-refractivity contribution in [1.82, 2.24) is 4.90 Å². The molecule has 0 radical (unpaired) electrons. The van der Waals surface area contributed by atoms with E-state index in [0.717, 1.165) is 42.8 Å². The lowest BCUT2D eigenvalue weighted by atomic mass is 10.3. The summed E-state index contributed by atoms with van der Waals surface area (Å²) in [5, 5.41) is 3.41. The van der Waals surface area contributed by atoms with E-state index >= 15 is 0 Å². The van der Waals surface area contributed by atoms with Gasteiger partial charge in [-0.2, -0.15) is 0 Å². The third kappa shape index (κ3) is 6.05. The van der Waals surface area contributed by atoms with Crippen molar-refractivity contribution in [1.29, 1.82) is 0 Å². The van der Waals surface area contributed by atoms with Gasteiger partial charge < -0.3 is 15.0 Å². The molecule has 0 aromatic heterocycles. The van der Waals surface area contributed by atoms with Gasteiger partial charge in [0.15, 0.2) is 0 Å². The summed E-state index contributed by atoms with van der Waals surface area (Å²) in [6, 6.07) is 8.18. The van der Waals surface area contributed by atoms with Crippen LogP contribution in [0.4, 0.5) is 5.69 Å². The molecule has 0 aliphatic rings. The van der Waals surface area contributed by atoms with Crippen molar-refractivity contribution in [2.45, 2.75) is 6.42 Å². The van der Waals surface area contributed by atoms with Gasteiger partial charge in [0, 0.05) is 43.5 Å². The normalized spacial score (nSPS) is 10.8. The maximum Gasteiger partial charge on any atom is 0.0485 e. The minimum atomic E-state index is 0.835. The molecule has 0 unspecified atom stereocenters. The van der Waals surface area contributed by atoms with E-state index in [1.165, 1.54) is 0 Å². The summed E-state index contributed by atoms with van der Waals surface area (Å²) < 4.78 is 6.15. The van der Waals surface area contributed by atoms with Crippen molar-refractivity contribution < 1.29 is 4.74 Å². The Morgan fingerprint density at radius 2 is 2.06 bits per heavy atom. The van der Waals surface area contributed by atoms with Crippen LogP contribution in [0.1, 0.15) is 6.42 Å². The fourth-order valence-electron chi connectivity index (χ4n) is 1.58. The number of nitrogens with zero attached hydrogens (tertiary/aromatic N) is 1. The Labute approximate surface area is 112 Å². The van der Waals surface area contributed by atoms with Crippen molar-refractivity contribution in [3.8, 4) is 0 Å². The average Bonchev–Trinajstić information content (AvgIpc) is 2.32. The minimum absolute atomic E-state index is 0.835. The molecule has 0 atom stereocenters. The quantitative estimate of drug-likeness (QED) is 0.747. The van der Waals surface area contributed by atoms with E-state index in [0.29, 0.717) is 0 Å². The first-order valence-electron chi connectivity index (χ1n) is 5.90. The van der Waals surface area contributed by atoms with Crippen molar-refractivity contribution in [2.24, 2.45) is 0 Å². The molecule has 0 spiro atoms. The molecule has 96 valence electrons. The zero-order chi connectivity index (χ0) is 12.5. The lowest BCUT2D eigenvalue weighted by Gasteiger charge is -2.17. The van der Waals surface area contributed by atoms with Gasteiger partial charge in [-0.25, -0.2) is 0 Å². The molecule has 17 heavy (non-hydrogen) atoms. The zero-order valence-corrected chi connectivity index (χ0v) is 12.2. The lowest BCUT2D eigenvalue weighted by Crippen LogP contribution is -2.26. The van der Waals surface area contributed by atoms with Crippen LogP contribution >= 0.6 is 15.9 Å². The summed E-state index contributed by atoms with van der Waals surface area (Å²) >= 11 is 3.52. The van der Waals surface area contributed by atoms with Crippen LogP contribution in [0.5, 0.6) is 0 Å². The smallest absolute Gasteiger partial charge is 0.0485 e. The van der Waals surface area contributed by atoms with E-state index in [-0.39, 0.29) is 0 Å². The number of nitrogens with one attached hydrogen (secondary N) is 1. The molecule has 1 aromatic carbocycles. The van der Waals surface area contributed by atoms with E-state index < -0.39 is 0 Å². The first-order chi connectivity index (χ1) is 8.24. The highest BCUT2D eigenvalue weighted by atomic mass is 79.9. The van der Waals surface area contributed by atoms with E-state index in [1.807, 2.05) is 18.2 Å². The van der Waals surface area contributed by atoms with Crippen LogP contribution in [0.25, 0.3) is 0 Å².